The Morgan fingerprint density at radius 1 is 0.966 bits per heavy atom. The van der Waals surface area contributed by atoms with Crippen molar-refractivity contribution in [2.24, 2.45) is 5.92 Å². The van der Waals surface area contributed by atoms with Gasteiger partial charge in [-0.1, -0.05) is 17.7 Å². The summed E-state index contributed by atoms with van der Waals surface area (Å²) in [4.78, 5) is 15.4. The molecule has 2 unspecified atom stereocenters. The number of likely N-dealkylation sites (tertiary alicyclic amines) is 1. The molecule has 0 bridgehead atoms. The molecule has 2 aromatic rings. The highest BCUT2D eigenvalue weighted by Crippen LogP contribution is 2.39. The van der Waals surface area contributed by atoms with Crippen LogP contribution in [0.5, 0.6) is 17.2 Å². The van der Waals surface area contributed by atoms with Crippen LogP contribution in [0.15, 0.2) is 36.4 Å². The Kier molecular flexibility index (Phi) is 5.00. The van der Waals surface area contributed by atoms with Gasteiger partial charge >= 0.3 is 0 Å². The van der Waals surface area contributed by atoms with E-state index in [1.807, 2.05) is 35.2 Å². The molecule has 3 aliphatic heterocycles. The molecule has 2 atom stereocenters. The van der Waals surface area contributed by atoms with Gasteiger partial charge in [-0.15, -0.1) is 0 Å². The van der Waals surface area contributed by atoms with Crippen molar-refractivity contribution in [3.05, 3.63) is 52.5 Å². The van der Waals surface area contributed by atoms with Gasteiger partial charge in [-0.05, 0) is 60.7 Å². The maximum absolute atomic E-state index is 13.4. The standard InChI is InChI=1S/C23H24ClNO4/c24-18-5-7-20-16(12-18)11-17(14-29-20)23(26)25-8-1-3-19(25)15-4-6-21-22(13-15)28-10-2-9-27-21/h4-7,12-13,17,19H,1-3,8-11,14H2. The molecule has 0 aromatic heterocycles. The minimum atomic E-state index is -0.179. The van der Waals surface area contributed by atoms with Crippen molar-refractivity contribution in [3.8, 4) is 17.2 Å². The fraction of sp³-hybridized carbons (Fsp3) is 0.435. The van der Waals surface area contributed by atoms with Crippen LogP contribution in [-0.4, -0.2) is 37.2 Å². The van der Waals surface area contributed by atoms with Gasteiger partial charge in [0, 0.05) is 18.0 Å². The van der Waals surface area contributed by atoms with Gasteiger partial charge in [-0.2, -0.15) is 0 Å². The van der Waals surface area contributed by atoms with E-state index < -0.39 is 0 Å². The third kappa shape index (κ3) is 3.64. The molecule has 0 N–H and O–H groups in total. The van der Waals surface area contributed by atoms with Crippen LogP contribution in [0.4, 0.5) is 0 Å². The quantitative estimate of drug-likeness (QED) is 0.731. The lowest BCUT2D eigenvalue weighted by Crippen LogP contribution is -2.40. The molecule has 3 heterocycles. The monoisotopic (exact) mass is 413 g/mol. The molecule has 0 aliphatic carbocycles. The maximum Gasteiger partial charge on any atom is 0.229 e. The van der Waals surface area contributed by atoms with E-state index in [9.17, 15) is 4.79 Å². The molecule has 5 rings (SSSR count). The Morgan fingerprint density at radius 2 is 1.79 bits per heavy atom. The van der Waals surface area contributed by atoms with Crippen molar-refractivity contribution in [1.82, 2.24) is 4.90 Å². The molecule has 0 saturated carbocycles. The molecule has 29 heavy (non-hydrogen) atoms. The lowest BCUT2D eigenvalue weighted by Gasteiger charge is -2.32. The number of fused-ring (bicyclic) bond motifs is 2. The van der Waals surface area contributed by atoms with E-state index in [2.05, 4.69) is 6.07 Å². The number of hydrogen-bond acceptors (Lipinski definition) is 4. The SMILES string of the molecule is O=C(C1COc2ccc(Cl)cc2C1)N1CCCC1c1ccc2c(c1)OCCCO2. The molecule has 1 amide bonds. The molecular formula is C23H24ClNO4. The Morgan fingerprint density at radius 3 is 2.69 bits per heavy atom. The second-order valence-corrected chi connectivity index (χ2v) is 8.35. The molecule has 2 aromatic carbocycles. The zero-order valence-corrected chi connectivity index (χ0v) is 17.0. The number of benzene rings is 2. The Labute approximate surface area is 175 Å². The molecule has 1 saturated heterocycles. The lowest BCUT2D eigenvalue weighted by molar-refractivity contribution is -0.137. The number of carbonyl (C=O) groups excluding carboxylic acids is 1. The van der Waals surface area contributed by atoms with Crippen molar-refractivity contribution >= 4 is 17.5 Å². The van der Waals surface area contributed by atoms with E-state index in [0.717, 1.165) is 54.2 Å². The highest BCUT2D eigenvalue weighted by Gasteiger charge is 2.36. The molecule has 3 aliphatic rings. The average Bonchev–Trinajstić information content (AvgIpc) is 3.11. The van der Waals surface area contributed by atoms with Crippen LogP contribution in [-0.2, 0) is 11.2 Å². The molecule has 0 spiro atoms. The third-order valence-electron chi connectivity index (χ3n) is 5.97. The second-order valence-electron chi connectivity index (χ2n) is 7.91. The number of carbonyl (C=O) groups is 1. The van der Waals surface area contributed by atoms with Gasteiger partial charge in [0.2, 0.25) is 5.91 Å². The van der Waals surface area contributed by atoms with E-state index in [1.54, 1.807) is 0 Å². The maximum atomic E-state index is 13.4. The van der Waals surface area contributed by atoms with E-state index in [4.69, 9.17) is 25.8 Å². The van der Waals surface area contributed by atoms with Gasteiger partial charge in [0.1, 0.15) is 12.4 Å². The van der Waals surface area contributed by atoms with Crippen LogP contribution in [0, 0.1) is 5.92 Å². The van der Waals surface area contributed by atoms with Crippen LogP contribution in [0.25, 0.3) is 0 Å². The molecule has 6 heteroatoms. The summed E-state index contributed by atoms with van der Waals surface area (Å²) in [5.41, 5.74) is 2.12. The summed E-state index contributed by atoms with van der Waals surface area (Å²) in [5.74, 6) is 2.38. The number of rotatable bonds is 2. The minimum Gasteiger partial charge on any atom is -0.492 e. The summed E-state index contributed by atoms with van der Waals surface area (Å²) in [6, 6.07) is 11.8. The largest absolute Gasteiger partial charge is 0.492 e. The van der Waals surface area contributed by atoms with Crippen LogP contribution in [0.2, 0.25) is 5.02 Å². The first-order chi connectivity index (χ1) is 14.2. The van der Waals surface area contributed by atoms with E-state index >= 15 is 0 Å². The Balaban J connectivity index is 1.36. The van der Waals surface area contributed by atoms with Gasteiger partial charge in [0.15, 0.2) is 11.5 Å². The van der Waals surface area contributed by atoms with Gasteiger partial charge < -0.3 is 19.1 Å². The highest BCUT2D eigenvalue weighted by molar-refractivity contribution is 6.30. The first kappa shape index (κ1) is 18.6. The minimum absolute atomic E-state index is 0.0698. The zero-order valence-electron chi connectivity index (χ0n) is 16.2. The van der Waals surface area contributed by atoms with Crippen molar-refractivity contribution in [1.29, 1.82) is 0 Å². The van der Waals surface area contributed by atoms with Gasteiger partial charge in [0.25, 0.3) is 0 Å². The Hall–Kier alpha value is -2.40. The van der Waals surface area contributed by atoms with Crippen molar-refractivity contribution in [3.63, 3.8) is 0 Å². The number of amides is 1. The van der Waals surface area contributed by atoms with Crippen molar-refractivity contribution in [2.75, 3.05) is 26.4 Å². The smallest absolute Gasteiger partial charge is 0.229 e. The average molecular weight is 414 g/mol. The van der Waals surface area contributed by atoms with Crippen LogP contribution in [0.3, 0.4) is 0 Å². The number of halogens is 1. The Bertz CT molecular complexity index is 931. The molecule has 1 fully saturated rings. The summed E-state index contributed by atoms with van der Waals surface area (Å²) in [6.45, 7) is 2.52. The molecular weight excluding hydrogens is 390 g/mol. The van der Waals surface area contributed by atoms with Crippen LogP contribution < -0.4 is 14.2 Å². The van der Waals surface area contributed by atoms with Gasteiger partial charge in [-0.25, -0.2) is 0 Å². The number of nitrogens with zero attached hydrogens (tertiary/aromatic N) is 1. The van der Waals surface area contributed by atoms with E-state index in [-0.39, 0.29) is 17.9 Å². The van der Waals surface area contributed by atoms with Crippen molar-refractivity contribution < 1.29 is 19.0 Å². The zero-order chi connectivity index (χ0) is 19.8. The summed E-state index contributed by atoms with van der Waals surface area (Å²) < 4.78 is 17.5. The first-order valence-electron chi connectivity index (χ1n) is 10.3. The van der Waals surface area contributed by atoms with Gasteiger partial charge in [-0.3, -0.25) is 4.79 Å². The van der Waals surface area contributed by atoms with E-state index in [0.29, 0.717) is 31.3 Å². The first-order valence-corrected chi connectivity index (χ1v) is 10.7. The molecule has 152 valence electrons. The third-order valence-corrected chi connectivity index (χ3v) is 6.21. The highest BCUT2D eigenvalue weighted by atomic mass is 35.5. The van der Waals surface area contributed by atoms with Crippen LogP contribution in [0.1, 0.15) is 36.4 Å². The predicted octanol–water partition coefficient (Wildman–Crippen LogP) is 4.42. The fourth-order valence-electron chi connectivity index (χ4n) is 4.52. The molecule has 0 radical (unpaired) electrons. The van der Waals surface area contributed by atoms with Crippen LogP contribution >= 0.6 is 11.6 Å². The second kappa shape index (κ2) is 7.79. The normalized spacial score (nSPS) is 23.1. The summed E-state index contributed by atoms with van der Waals surface area (Å²) >= 11 is 6.13. The summed E-state index contributed by atoms with van der Waals surface area (Å²) in [5, 5.41) is 0.673. The fourth-order valence-corrected chi connectivity index (χ4v) is 4.72. The van der Waals surface area contributed by atoms with Crippen molar-refractivity contribution in [2.45, 2.75) is 31.7 Å². The summed E-state index contributed by atoms with van der Waals surface area (Å²) in [6.07, 6.45) is 3.51. The van der Waals surface area contributed by atoms with E-state index in [1.165, 1.54) is 0 Å². The lowest BCUT2D eigenvalue weighted by atomic mass is 9.94. The topological polar surface area (TPSA) is 48.0 Å². The number of ether oxygens (including phenoxy) is 3. The number of hydrogen-bond donors (Lipinski definition) is 0. The predicted molar refractivity (Wildman–Crippen MR) is 110 cm³/mol. The summed E-state index contributed by atoms with van der Waals surface area (Å²) in [7, 11) is 0. The van der Waals surface area contributed by atoms with Gasteiger partial charge in [0.05, 0.1) is 25.2 Å². The molecule has 5 nitrogen and oxygen atoms in total.